The van der Waals surface area contributed by atoms with E-state index < -0.39 is 7.12 Å². The molecule has 1 heterocycles. The summed E-state index contributed by atoms with van der Waals surface area (Å²) < 4.78 is 0. The first kappa shape index (κ1) is 12.5. The standard InChI is InChI=1S/C12H14BN3O2/c17-13(18)11-8-15-12(16-9-11)14-7-6-10-4-2-1-3-5-10/h1-5,8-9,17-18H,6-7H2,(H,14,15,16). The van der Waals surface area contributed by atoms with Gasteiger partial charge in [0.05, 0.1) is 0 Å². The number of nitrogens with zero attached hydrogens (tertiary/aromatic N) is 2. The van der Waals surface area contributed by atoms with Gasteiger partial charge in [0.2, 0.25) is 5.95 Å². The number of hydrogen-bond donors (Lipinski definition) is 3. The Morgan fingerprint density at radius 2 is 1.72 bits per heavy atom. The van der Waals surface area contributed by atoms with Gasteiger partial charge >= 0.3 is 7.12 Å². The van der Waals surface area contributed by atoms with E-state index in [4.69, 9.17) is 10.0 Å². The molecule has 1 aromatic carbocycles. The monoisotopic (exact) mass is 243 g/mol. The van der Waals surface area contributed by atoms with Crippen LogP contribution in [0.1, 0.15) is 5.56 Å². The van der Waals surface area contributed by atoms with E-state index in [2.05, 4.69) is 27.4 Å². The van der Waals surface area contributed by atoms with Crippen molar-refractivity contribution in [3.63, 3.8) is 0 Å². The van der Waals surface area contributed by atoms with Gasteiger partial charge in [-0.3, -0.25) is 0 Å². The lowest BCUT2D eigenvalue weighted by Gasteiger charge is -2.05. The van der Waals surface area contributed by atoms with E-state index >= 15 is 0 Å². The van der Waals surface area contributed by atoms with Crippen molar-refractivity contribution >= 4 is 18.5 Å². The molecule has 0 unspecified atom stereocenters. The topological polar surface area (TPSA) is 78.3 Å². The highest BCUT2D eigenvalue weighted by molar-refractivity contribution is 6.58. The van der Waals surface area contributed by atoms with E-state index in [1.807, 2.05) is 18.2 Å². The molecule has 6 heteroatoms. The van der Waals surface area contributed by atoms with E-state index in [9.17, 15) is 0 Å². The average Bonchev–Trinajstić information content (AvgIpc) is 2.40. The maximum absolute atomic E-state index is 8.89. The van der Waals surface area contributed by atoms with Gasteiger partial charge in [0.1, 0.15) is 0 Å². The van der Waals surface area contributed by atoms with Gasteiger partial charge in [0.25, 0.3) is 0 Å². The van der Waals surface area contributed by atoms with Gasteiger partial charge in [-0.25, -0.2) is 9.97 Å². The number of rotatable bonds is 5. The second kappa shape index (κ2) is 6.14. The summed E-state index contributed by atoms with van der Waals surface area (Å²) in [5.41, 5.74) is 1.52. The molecular formula is C12H14BN3O2. The summed E-state index contributed by atoms with van der Waals surface area (Å²) in [7, 11) is -1.52. The fourth-order valence-corrected chi connectivity index (χ4v) is 1.53. The summed E-state index contributed by atoms with van der Waals surface area (Å²) in [6, 6.07) is 10.1. The van der Waals surface area contributed by atoms with E-state index in [-0.39, 0.29) is 5.46 Å². The van der Waals surface area contributed by atoms with Crippen LogP contribution >= 0.6 is 0 Å². The minimum Gasteiger partial charge on any atom is -0.423 e. The largest absolute Gasteiger partial charge is 0.491 e. The first-order valence-corrected chi connectivity index (χ1v) is 5.71. The predicted octanol–water partition coefficient (Wildman–Crippen LogP) is -0.189. The summed E-state index contributed by atoms with van der Waals surface area (Å²) in [6.45, 7) is 0.727. The molecule has 1 aromatic heterocycles. The Morgan fingerprint density at radius 3 is 2.33 bits per heavy atom. The summed E-state index contributed by atoms with van der Waals surface area (Å²) >= 11 is 0. The van der Waals surface area contributed by atoms with Gasteiger partial charge in [0, 0.05) is 24.4 Å². The van der Waals surface area contributed by atoms with Crippen LogP contribution in [0.3, 0.4) is 0 Å². The summed E-state index contributed by atoms with van der Waals surface area (Å²) in [5, 5.41) is 20.9. The number of nitrogens with one attached hydrogen (secondary N) is 1. The van der Waals surface area contributed by atoms with Crippen LogP contribution in [0.15, 0.2) is 42.7 Å². The fraction of sp³-hybridized carbons (Fsp3) is 0.167. The molecule has 5 nitrogen and oxygen atoms in total. The Balaban J connectivity index is 1.83. The van der Waals surface area contributed by atoms with Crippen molar-refractivity contribution in [2.45, 2.75) is 6.42 Å². The Kier molecular flexibility index (Phi) is 4.27. The molecule has 2 rings (SSSR count). The zero-order valence-electron chi connectivity index (χ0n) is 9.82. The molecule has 0 atom stereocenters. The zero-order valence-corrected chi connectivity index (χ0v) is 9.82. The maximum Gasteiger partial charge on any atom is 0.491 e. The highest BCUT2D eigenvalue weighted by atomic mass is 16.4. The fourth-order valence-electron chi connectivity index (χ4n) is 1.53. The molecule has 0 fully saturated rings. The summed E-state index contributed by atoms with van der Waals surface area (Å²) in [6.07, 6.45) is 3.67. The number of anilines is 1. The van der Waals surface area contributed by atoms with Gasteiger partial charge in [0.15, 0.2) is 0 Å². The number of aromatic nitrogens is 2. The lowest BCUT2D eigenvalue weighted by Crippen LogP contribution is -2.30. The van der Waals surface area contributed by atoms with Crippen molar-refractivity contribution in [1.29, 1.82) is 0 Å². The third kappa shape index (κ3) is 3.54. The van der Waals surface area contributed by atoms with Crippen molar-refractivity contribution in [3.8, 4) is 0 Å². The van der Waals surface area contributed by atoms with Crippen LogP contribution in [0.5, 0.6) is 0 Å². The van der Waals surface area contributed by atoms with Gasteiger partial charge in [-0.05, 0) is 12.0 Å². The summed E-state index contributed by atoms with van der Waals surface area (Å²) in [5.74, 6) is 0.482. The van der Waals surface area contributed by atoms with Crippen molar-refractivity contribution < 1.29 is 10.0 Å². The molecule has 0 aliphatic rings. The molecule has 0 amide bonds. The third-order valence-corrected chi connectivity index (χ3v) is 2.51. The number of benzene rings is 1. The van der Waals surface area contributed by atoms with Gasteiger partial charge in [-0.15, -0.1) is 0 Å². The molecule has 0 saturated heterocycles. The highest BCUT2D eigenvalue weighted by Crippen LogP contribution is 2.00. The Bertz CT molecular complexity index is 476. The molecule has 0 spiro atoms. The molecule has 0 radical (unpaired) electrons. The minimum atomic E-state index is -1.52. The Morgan fingerprint density at radius 1 is 1.06 bits per heavy atom. The molecule has 0 aliphatic carbocycles. The lowest BCUT2D eigenvalue weighted by atomic mass is 9.83. The van der Waals surface area contributed by atoms with Crippen LogP contribution < -0.4 is 10.8 Å². The second-order valence-corrected chi connectivity index (χ2v) is 3.88. The molecule has 0 bridgehead atoms. The molecule has 92 valence electrons. The van der Waals surface area contributed by atoms with E-state index in [0.717, 1.165) is 13.0 Å². The normalized spacial score (nSPS) is 10.1. The van der Waals surface area contributed by atoms with Crippen molar-refractivity contribution in [2.75, 3.05) is 11.9 Å². The van der Waals surface area contributed by atoms with Crippen molar-refractivity contribution in [3.05, 3.63) is 48.3 Å². The molecule has 0 aliphatic heterocycles. The predicted molar refractivity (Wildman–Crippen MR) is 70.5 cm³/mol. The SMILES string of the molecule is OB(O)c1cnc(NCCc2ccccc2)nc1. The van der Waals surface area contributed by atoms with Crippen LogP contribution in [0.4, 0.5) is 5.95 Å². The minimum absolute atomic E-state index is 0.281. The number of hydrogen-bond acceptors (Lipinski definition) is 5. The highest BCUT2D eigenvalue weighted by Gasteiger charge is 2.11. The van der Waals surface area contributed by atoms with E-state index in [1.54, 1.807) is 0 Å². The van der Waals surface area contributed by atoms with E-state index in [0.29, 0.717) is 5.95 Å². The van der Waals surface area contributed by atoms with Crippen LogP contribution in [0.25, 0.3) is 0 Å². The van der Waals surface area contributed by atoms with Gasteiger partial charge in [-0.2, -0.15) is 0 Å². The first-order chi connectivity index (χ1) is 8.75. The van der Waals surface area contributed by atoms with Crippen molar-refractivity contribution in [2.24, 2.45) is 0 Å². The van der Waals surface area contributed by atoms with Gasteiger partial charge in [-0.1, -0.05) is 30.3 Å². The maximum atomic E-state index is 8.89. The molecular weight excluding hydrogens is 229 g/mol. The zero-order chi connectivity index (χ0) is 12.8. The summed E-state index contributed by atoms with van der Waals surface area (Å²) in [4.78, 5) is 7.98. The van der Waals surface area contributed by atoms with Crippen LogP contribution in [-0.2, 0) is 6.42 Å². The van der Waals surface area contributed by atoms with Crippen molar-refractivity contribution in [1.82, 2.24) is 9.97 Å². The lowest BCUT2D eigenvalue weighted by molar-refractivity contribution is 0.425. The van der Waals surface area contributed by atoms with Crippen LogP contribution in [0, 0.1) is 0 Å². The Labute approximate surface area is 106 Å². The molecule has 3 N–H and O–H groups in total. The van der Waals surface area contributed by atoms with E-state index in [1.165, 1.54) is 18.0 Å². The Hall–Kier alpha value is -1.92. The quantitative estimate of drug-likeness (QED) is 0.634. The van der Waals surface area contributed by atoms with Crippen LogP contribution in [0.2, 0.25) is 0 Å². The average molecular weight is 243 g/mol. The smallest absolute Gasteiger partial charge is 0.423 e. The van der Waals surface area contributed by atoms with Crippen LogP contribution in [-0.4, -0.2) is 33.7 Å². The molecule has 0 saturated carbocycles. The first-order valence-electron chi connectivity index (χ1n) is 5.71. The third-order valence-electron chi connectivity index (χ3n) is 2.51. The van der Waals surface area contributed by atoms with Gasteiger partial charge < -0.3 is 15.4 Å². The second-order valence-electron chi connectivity index (χ2n) is 3.88. The molecule has 2 aromatic rings. The molecule has 18 heavy (non-hydrogen) atoms.